The van der Waals surface area contributed by atoms with Crippen LogP contribution in [0.25, 0.3) is 132 Å². The molecule has 0 radical (unpaired) electrons. The third kappa shape index (κ3) is 5.17. The maximum atomic E-state index is 5.35. The number of rotatable bonds is 4. The summed E-state index contributed by atoms with van der Waals surface area (Å²) in [5, 5.41) is 13.1. The molecule has 4 heterocycles. The van der Waals surface area contributed by atoms with Crippen LogP contribution in [-0.2, 0) is 0 Å². The molecule has 0 spiro atoms. The van der Waals surface area contributed by atoms with Crippen molar-refractivity contribution in [2.24, 2.45) is 0 Å². The summed E-state index contributed by atoms with van der Waals surface area (Å²) in [4.78, 5) is 10.6. The lowest BCUT2D eigenvalue weighted by Gasteiger charge is -2.13. The molecule has 0 bridgehead atoms. The minimum Gasteiger partial charge on any atom is -0.309 e. The first-order valence-corrected chi connectivity index (χ1v) is 21.9. The van der Waals surface area contributed by atoms with Gasteiger partial charge in [-0.1, -0.05) is 140 Å². The van der Waals surface area contributed by atoms with Crippen molar-refractivity contribution in [1.29, 1.82) is 0 Å². The molecule has 14 aromatic rings. The Bertz CT molecular complexity index is 4200. The smallest absolute Gasteiger partial charge is 0.0978 e. The van der Waals surface area contributed by atoms with Gasteiger partial charge in [0.1, 0.15) is 0 Å². The van der Waals surface area contributed by atoms with E-state index in [1.165, 1.54) is 76.3 Å². The Kier molecular flexibility index (Phi) is 7.36. The molecule has 0 aliphatic heterocycles. The highest BCUT2D eigenvalue weighted by molar-refractivity contribution is 6.17. The molecule has 0 unspecified atom stereocenters. The van der Waals surface area contributed by atoms with E-state index in [4.69, 9.17) is 9.97 Å². The van der Waals surface area contributed by atoms with Gasteiger partial charge < -0.3 is 9.13 Å². The number of aromatic nitrogens is 4. The molecule has 0 aliphatic carbocycles. The number of nitrogens with zero attached hydrogens (tertiary/aromatic N) is 4. The first-order valence-electron chi connectivity index (χ1n) is 21.9. The number of para-hydroxylation sites is 4. The predicted molar refractivity (Wildman–Crippen MR) is 269 cm³/mol. The van der Waals surface area contributed by atoms with Crippen LogP contribution in [0.4, 0.5) is 0 Å². The van der Waals surface area contributed by atoms with Crippen molar-refractivity contribution in [2.45, 2.75) is 0 Å². The van der Waals surface area contributed by atoms with Crippen LogP contribution in [-0.4, -0.2) is 19.1 Å². The lowest BCUT2D eigenvalue weighted by molar-refractivity contribution is 1.17. The molecule has 10 aromatic carbocycles. The Morgan fingerprint density at radius 3 is 1.56 bits per heavy atom. The zero-order valence-electron chi connectivity index (χ0n) is 34.6. The molecule has 14 rings (SSSR count). The van der Waals surface area contributed by atoms with Gasteiger partial charge in [0, 0.05) is 60.2 Å². The van der Waals surface area contributed by atoms with Crippen LogP contribution in [0, 0.1) is 0 Å². The van der Waals surface area contributed by atoms with Crippen LogP contribution in [0.1, 0.15) is 0 Å². The van der Waals surface area contributed by atoms with Crippen LogP contribution in [0.15, 0.2) is 218 Å². The average molecular weight is 813 g/mol. The maximum Gasteiger partial charge on any atom is 0.0978 e. The quantitative estimate of drug-likeness (QED) is 0.131. The van der Waals surface area contributed by atoms with Crippen molar-refractivity contribution < 1.29 is 0 Å². The molecule has 4 aromatic heterocycles. The number of hydrogen-bond donors (Lipinski definition) is 0. The summed E-state index contributed by atoms with van der Waals surface area (Å²) in [6.07, 6.45) is 0. The highest BCUT2D eigenvalue weighted by atomic mass is 15.0. The van der Waals surface area contributed by atoms with E-state index in [1.807, 2.05) is 0 Å². The topological polar surface area (TPSA) is 35.6 Å². The zero-order chi connectivity index (χ0) is 41.9. The SMILES string of the molecule is c1ccc(-c2c3ccccc3nc3c2ccc2ccc(-c4ccc5cc6cc(-n7c8ccccc8c8cc(-n9c%10ccccc%10c%10ccccc%109)ccc87)ccc6cc5c4)nc23)cc1. The standard InChI is InChI=1S/C60H36N4/c1-2-12-37(13-3-1)58-49-17-4-8-18-53(49)62-60-50(58)29-25-38-26-30-52(61-59(38)60)41-23-22-39-33-43-35-44(27-24-40(43)32-42(39)34-41)63-56-21-11-7-16-48(56)51-36-45(28-31-57(51)63)64-54-19-9-5-14-46(54)47-15-6-10-20-55(47)64/h1-36H. The van der Waals surface area contributed by atoms with Crippen LogP contribution in [0.3, 0.4) is 0 Å². The molecular formula is C60H36N4. The fourth-order valence-electron chi connectivity index (χ4n) is 10.5. The van der Waals surface area contributed by atoms with Gasteiger partial charge >= 0.3 is 0 Å². The van der Waals surface area contributed by atoms with Gasteiger partial charge in [-0.25, -0.2) is 9.97 Å². The lowest BCUT2D eigenvalue weighted by Crippen LogP contribution is -1.96. The monoisotopic (exact) mass is 812 g/mol. The minimum absolute atomic E-state index is 0.914. The Labute approximate surface area is 367 Å². The number of benzene rings is 10. The third-order valence-corrected chi connectivity index (χ3v) is 13.4. The van der Waals surface area contributed by atoms with E-state index >= 15 is 0 Å². The second-order valence-electron chi connectivity index (χ2n) is 17.0. The molecule has 4 nitrogen and oxygen atoms in total. The lowest BCUT2D eigenvalue weighted by atomic mass is 9.95. The first kappa shape index (κ1) is 35.0. The molecular weight excluding hydrogens is 777 g/mol. The van der Waals surface area contributed by atoms with Crippen molar-refractivity contribution in [1.82, 2.24) is 19.1 Å². The van der Waals surface area contributed by atoms with Crippen LogP contribution in [0.5, 0.6) is 0 Å². The van der Waals surface area contributed by atoms with Crippen molar-refractivity contribution in [3.63, 3.8) is 0 Å². The van der Waals surface area contributed by atoms with Crippen molar-refractivity contribution in [3.8, 4) is 33.8 Å². The largest absolute Gasteiger partial charge is 0.309 e. The fraction of sp³-hybridized carbons (Fsp3) is 0. The zero-order valence-corrected chi connectivity index (χ0v) is 34.6. The second kappa shape index (κ2) is 13.4. The third-order valence-electron chi connectivity index (χ3n) is 13.4. The molecule has 0 amide bonds. The Morgan fingerprint density at radius 1 is 0.281 bits per heavy atom. The normalized spacial score (nSPS) is 12.1. The molecule has 0 atom stereocenters. The maximum absolute atomic E-state index is 5.35. The molecule has 0 aliphatic rings. The summed E-state index contributed by atoms with van der Waals surface area (Å²) >= 11 is 0. The Hall–Kier alpha value is -8.60. The number of fused-ring (bicyclic) bond motifs is 12. The van der Waals surface area contributed by atoms with Gasteiger partial charge in [0.15, 0.2) is 0 Å². The first-order chi connectivity index (χ1) is 31.7. The molecule has 0 fully saturated rings. The molecule has 296 valence electrons. The van der Waals surface area contributed by atoms with E-state index in [2.05, 4.69) is 228 Å². The highest BCUT2D eigenvalue weighted by Gasteiger charge is 2.18. The van der Waals surface area contributed by atoms with Gasteiger partial charge in [-0.05, 0) is 106 Å². The van der Waals surface area contributed by atoms with Crippen molar-refractivity contribution >= 4 is 97.9 Å². The van der Waals surface area contributed by atoms with E-state index in [0.717, 1.165) is 55.3 Å². The minimum atomic E-state index is 0.914. The van der Waals surface area contributed by atoms with Gasteiger partial charge in [-0.15, -0.1) is 0 Å². The van der Waals surface area contributed by atoms with Gasteiger partial charge in [0.25, 0.3) is 0 Å². The second-order valence-corrected chi connectivity index (χ2v) is 17.0. The average Bonchev–Trinajstić information content (AvgIpc) is 3.87. The molecule has 4 heteroatoms. The van der Waals surface area contributed by atoms with Gasteiger partial charge in [-0.2, -0.15) is 0 Å². The predicted octanol–water partition coefficient (Wildman–Crippen LogP) is 15.8. The van der Waals surface area contributed by atoms with E-state index in [-0.39, 0.29) is 0 Å². The molecule has 0 saturated carbocycles. The molecule has 0 N–H and O–H groups in total. The summed E-state index contributed by atoms with van der Waals surface area (Å²) in [6, 6.07) is 79.2. The molecule has 0 saturated heterocycles. The fourth-order valence-corrected chi connectivity index (χ4v) is 10.5. The van der Waals surface area contributed by atoms with Crippen molar-refractivity contribution in [2.75, 3.05) is 0 Å². The van der Waals surface area contributed by atoms with Crippen LogP contribution < -0.4 is 0 Å². The molecule has 64 heavy (non-hydrogen) atoms. The van der Waals surface area contributed by atoms with Gasteiger partial charge in [0.2, 0.25) is 0 Å². The number of pyridine rings is 2. The van der Waals surface area contributed by atoms with Gasteiger partial charge in [-0.3, -0.25) is 0 Å². The summed E-state index contributed by atoms with van der Waals surface area (Å²) in [7, 11) is 0. The van der Waals surface area contributed by atoms with E-state index in [9.17, 15) is 0 Å². The summed E-state index contributed by atoms with van der Waals surface area (Å²) in [5.74, 6) is 0. The van der Waals surface area contributed by atoms with Crippen LogP contribution in [0.2, 0.25) is 0 Å². The van der Waals surface area contributed by atoms with Crippen molar-refractivity contribution in [3.05, 3.63) is 218 Å². The highest BCUT2D eigenvalue weighted by Crippen LogP contribution is 2.40. The van der Waals surface area contributed by atoms with E-state index in [0.29, 0.717) is 0 Å². The summed E-state index contributed by atoms with van der Waals surface area (Å²) < 4.78 is 4.82. The van der Waals surface area contributed by atoms with E-state index < -0.39 is 0 Å². The summed E-state index contributed by atoms with van der Waals surface area (Å²) in [5.41, 5.74) is 14.3. The van der Waals surface area contributed by atoms with Crippen LogP contribution >= 0.6 is 0 Å². The number of hydrogen-bond acceptors (Lipinski definition) is 2. The van der Waals surface area contributed by atoms with E-state index in [1.54, 1.807) is 0 Å². The van der Waals surface area contributed by atoms with Gasteiger partial charge in [0.05, 0.1) is 44.3 Å². The Balaban J connectivity index is 0.876. The Morgan fingerprint density at radius 2 is 0.828 bits per heavy atom. The summed E-state index contributed by atoms with van der Waals surface area (Å²) in [6.45, 7) is 0.